The molecule has 1 aliphatic heterocycles. The minimum absolute atomic E-state index is 0.151. The molecule has 4 rings (SSSR count). The van der Waals surface area contributed by atoms with E-state index in [1.54, 1.807) is 6.33 Å². The summed E-state index contributed by atoms with van der Waals surface area (Å²) in [6.45, 7) is 10.2. The van der Waals surface area contributed by atoms with E-state index in [1.807, 2.05) is 0 Å². The van der Waals surface area contributed by atoms with Gasteiger partial charge in [0.2, 0.25) is 5.89 Å². The van der Waals surface area contributed by atoms with Gasteiger partial charge in [-0.15, -0.1) is 0 Å². The minimum Gasteiger partial charge on any atom is -0.354 e. The van der Waals surface area contributed by atoms with Crippen molar-refractivity contribution in [1.29, 1.82) is 0 Å². The predicted molar refractivity (Wildman–Crippen MR) is 94.6 cm³/mol. The van der Waals surface area contributed by atoms with Crippen LogP contribution in [0.4, 0.5) is 5.82 Å². The van der Waals surface area contributed by atoms with Crippen LogP contribution in [0.2, 0.25) is 0 Å². The van der Waals surface area contributed by atoms with Crippen LogP contribution in [0.25, 0.3) is 0 Å². The molecular formula is C18H26N6O. The third kappa shape index (κ3) is 3.13. The van der Waals surface area contributed by atoms with E-state index in [0.29, 0.717) is 5.92 Å². The van der Waals surface area contributed by atoms with Crippen molar-refractivity contribution in [2.45, 2.75) is 52.0 Å². The van der Waals surface area contributed by atoms with Crippen molar-refractivity contribution >= 4 is 5.82 Å². The fourth-order valence-electron chi connectivity index (χ4n) is 3.74. The number of piperazine rings is 1. The first-order chi connectivity index (χ1) is 12.1. The average molecular weight is 342 g/mol. The van der Waals surface area contributed by atoms with Crippen molar-refractivity contribution in [3.8, 4) is 0 Å². The largest absolute Gasteiger partial charge is 0.354 e. The molecule has 3 heterocycles. The van der Waals surface area contributed by atoms with Gasteiger partial charge in [-0.25, -0.2) is 9.97 Å². The van der Waals surface area contributed by atoms with Crippen LogP contribution < -0.4 is 4.90 Å². The number of nitrogens with zero attached hydrogens (tertiary/aromatic N) is 6. The number of aryl methyl sites for hydroxylation is 1. The van der Waals surface area contributed by atoms with Gasteiger partial charge in [0.05, 0.1) is 6.04 Å². The van der Waals surface area contributed by atoms with E-state index >= 15 is 0 Å². The smallest absolute Gasteiger partial charge is 0.243 e. The van der Waals surface area contributed by atoms with Gasteiger partial charge < -0.3 is 9.42 Å². The van der Waals surface area contributed by atoms with Crippen LogP contribution in [0, 0.1) is 0 Å². The fraction of sp³-hybridized carbons (Fsp3) is 0.667. The molecule has 0 bridgehead atoms. The molecule has 7 nitrogen and oxygen atoms in total. The van der Waals surface area contributed by atoms with Gasteiger partial charge in [0.25, 0.3) is 0 Å². The Labute approximate surface area is 148 Å². The second-order valence-electron chi connectivity index (χ2n) is 7.32. The molecule has 0 aromatic carbocycles. The SMILES string of the molecule is CC(C)c1noc([C@@H](C)N2CCN(c3ncnc4c3CCC4)CC2)n1. The van der Waals surface area contributed by atoms with Crippen LogP contribution in [0.1, 0.15) is 62.1 Å². The Morgan fingerprint density at radius 2 is 1.84 bits per heavy atom. The topological polar surface area (TPSA) is 71.2 Å². The number of anilines is 1. The Bertz CT molecular complexity index is 735. The highest BCUT2D eigenvalue weighted by Gasteiger charge is 2.28. The summed E-state index contributed by atoms with van der Waals surface area (Å²) in [4.78, 5) is 18.4. The monoisotopic (exact) mass is 342 g/mol. The number of rotatable bonds is 4. The van der Waals surface area contributed by atoms with Gasteiger partial charge in [-0.3, -0.25) is 4.90 Å². The maximum absolute atomic E-state index is 5.48. The third-order valence-electron chi connectivity index (χ3n) is 5.34. The molecule has 0 saturated carbocycles. The van der Waals surface area contributed by atoms with Crippen molar-refractivity contribution < 1.29 is 4.52 Å². The molecule has 1 atom stereocenters. The number of hydrogen-bond donors (Lipinski definition) is 0. The summed E-state index contributed by atoms with van der Waals surface area (Å²) in [5.74, 6) is 2.95. The van der Waals surface area contributed by atoms with Crippen molar-refractivity contribution in [3.05, 3.63) is 29.3 Å². The van der Waals surface area contributed by atoms with Crippen LogP contribution in [0.15, 0.2) is 10.9 Å². The number of fused-ring (bicyclic) bond motifs is 1. The number of aromatic nitrogens is 4. The molecule has 7 heteroatoms. The molecule has 0 N–H and O–H groups in total. The van der Waals surface area contributed by atoms with Crippen LogP contribution in [0.3, 0.4) is 0 Å². The van der Waals surface area contributed by atoms with Crippen molar-refractivity contribution in [2.24, 2.45) is 0 Å². The molecule has 0 spiro atoms. The van der Waals surface area contributed by atoms with Crippen molar-refractivity contribution in [2.75, 3.05) is 31.1 Å². The van der Waals surface area contributed by atoms with Crippen molar-refractivity contribution in [1.82, 2.24) is 25.0 Å². The lowest BCUT2D eigenvalue weighted by molar-refractivity contribution is 0.164. The average Bonchev–Trinajstić information content (AvgIpc) is 3.30. The summed E-state index contributed by atoms with van der Waals surface area (Å²) in [5, 5.41) is 4.09. The zero-order valence-corrected chi connectivity index (χ0v) is 15.3. The first kappa shape index (κ1) is 16.4. The molecule has 1 fully saturated rings. The Morgan fingerprint density at radius 3 is 2.56 bits per heavy atom. The summed E-state index contributed by atoms with van der Waals surface area (Å²) >= 11 is 0. The molecule has 2 aliphatic rings. The van der Waals surface area contributed by atoms with E-state index in [1.165, 1.54) is 17.7 Å². The van der Waals surface area contributed by atoms with Gasteiger partial charge in [-0.05, 0) is 26.2 Å². The maximum Gasteiger partial charge on any atom is 0.243 e. The molecule has 2 aromatic rings. The molecule has 1 aliphatic carbocycles. The second-order valence-corrected chi connectivity index (χ2v) is 7.32. The highest BCUT2D eigenvalue weighted by Crippen LogP contribution is 2.29. The summed E-state index contributed by atoms with van der Waals surface area (Å²) in [5.41, 5.74) is 2.61. The Balaban J connectivity index is 1.42. The first-order valence-electron chi connectivity index (χ1n) is 9.28. The van der Waals surface area contributed by atoms with Crippen LogP contribution in [-0.4, -0.2) is 51.2 Å². The normalized spacial score (nSPS) is 19.4. The predicted octanol–water partition coefficient (Wildman–Crippen LogP) is 2.35. The highest BCUT2D eigenvalue weighted by molar-refractivity contribution is 5.50. The molecule has 0 unspecified atom stereocenters. The maximum atomic E-state index is 5.48. The summed E-state index contributed by atoms with van der Waals surface area (Å²) in [7, 11) is 0. The molecule has 134 valence electrons. The molecule has 2 aromatic heterocycles. The molecule has 0 amide bonds. The summed E-state index contributed by atoms with van der Waals surface area (Å²) in [6, 6.07) is 0.151. The first-order valence-corrected chi connectivity index (χ1v) is 9.28. The zero-order chi connectivity index (χ0) is 17.4. The second kappa shape index (κ2) is 6.71. The lowest BCUT2D eigenvalue weighted by atomic mass is 10.2. The van der Waals surface area contributed by atoms with E-state index in [9.17, 15) is 0 Å². The highest BCUT2D eigenvalue weighted by atomic mass is 16.5. The quantitative estimate of drug-likeness (QED) is 0.844. The van der Waals surface area contributed by atoms with E-state index in [0.717, 1.165) is 56.6 Å². The molecular weight excluding hydrogens is 316 g/mol. The molecule has 1 saturated heterocycles. The zero-order valence-electron chi connectivity index (χ0n) is 15.3. The third-order valence-corrected chi connectivity index (χ3v) is 5.34. The summed E-state index contributed by atoms with van der Waals surface area (Å²) in [6.07, 6.45) is 5.13. The summed E-state index contributed by atoms with van der Waals surface area (Å²) < 4.78 is 5.48. The van der Waals surface area contributed by atoms with Crippen LogP contribution in [-0.2, 0) is 12.8 Å². The van der Waals surface area contributed by atoms with E-state index in [4.69, 9.17) is 4.52 Å². The van der Waals surface area contributed by atoms with Gasteiger partial charge >= 0.3 is 0 Å². The minimum atomic E-state index is 0.151. The van der Waals surface area contributed by atoms with Gasteiger partial charge in [0, 0.05) is 43.4 Å². The van der Waals surface area contributed by atoms with Gasteiger partial charge in [0.1, 0.15) is 12.1 Å². The van der Waals surface area contributed by atoms with E-state index in [-0.39, 0.29) is 6.04 Å². The Hall–Kier alpha value is -2.02. The standard InChI is InChI=1S/C18H26N6O/c1-12(2)16-21-18(25-22-16)13(3)23-7-9-24(10-8-23)17-14-5-4-6-15(14)19-11-20-17/h11-13H,4-10H2,1-3H3/t13-/m1/s1. The molecule has 0 radical (unpaired) electrons. The van der Waals surface area contributed by atoms with E-state index < -0.39 is 0 Å². The Morgan fingerprint density at radius 1 is 1.04 bits per heavy atom. The lowest BCUT2D eigenvalue weighted by Crippen LogP contribution is -2.47. The number of hydrogen-bond acceptors (Lipinski definition) is 7. The van der Waals surface area contributed by atoms with Crippen LogP contribution in [0.5, 0.6) is 0 Å². The van der Waals surface area contributed by atoms with Crippen molar-refractivity contribution in [3.63, 3.8) is 0 Å². The lowest BCUT2D eigenvalue weighted by Gasteiger charge is -2.37. The van der Waals surface area contributed by atoms with Gasteiger partial charge in [-0.2, -0.15) is 4.98 Å². The van der Waals surface area contributed by atoms with Gasteiger partial charge in [0.15, 0.2) is 5.82 Å². The Kier molecular flexibility index (Phi) is 4.41. The van der Waals surface area contributed by atoms with Gasteiger partial charge in [-0.1, -0.05) is 19.0 Å². The van der Waals surface area contributed by atoms with Crippen LogP contribution >= 0.6 is 0 Å². The fourth-order valence-corrected chi connectivity index (χ4v) is 3.74. The van der Waals surface area contributed by atoms with E-state index in [2.05, 4.69) is 50.7 Å². The molecule has 25 heavy (non-hydrogen) atoms.